The molecule has 0 aromatic heterocycles. The van der Waals surface area contributed by atoms with Gasteiger partial charge >= 0.3 is 0 Å². The van der Waals surface area contributed by atoms with Crippen molar-refractivity contribution in [3.05, 3.63) is 57.8 Å². The second kappa shape index (κ2) is 6.19. The van der Waals surface area contributed by atoms with Gasteiger partial charge in [0.25, 0.3) is 5.91 Å². The minimum absolute atomic E-state index is 0.0874. The quantitative estimate of drug-likeness (QED) is 0.727. The van der Waals surface area contributed by atoms with E-state index >= 15 is 0 Å². The molecule has 0 saturated carbocycles. The van der Waals surface area contributed by atoms with Gasteiger partial charge in [0.2, 0.25) is 0 Å². The number of carbonyl (C=O) groups is 1. The molecular weight excluding hydrogens is 359 g/mol. The molecule has 108 valence electrons. The first-order chi connectivity index (χ1) is 9.90. The van der Waals surface area contributed by atoms with Crippen LogP contribution < -0.4 is 11.1 Å². The average Bonchev–Trinajstić information content (AvgIpc) is 2.40. The van der Waals surface area contributed by atoms with Crippen molar-refractivity contribution >= 4 is 44.7 Å². The standard InChI is InChI=1S/C14H10BrFN2O2S/c15-7-4-5-10(8(6-7)13(17)21)18-14(20)12-9(16)2-1-3-11(12)19/h1-6,19H,(H2,17,21)(H,18,20). The van der Waals surface area contributed by atoms with E-state index < -0.39 is 23.0 Å². The molecule has 0 saturated heterocycles. The lowest BCUT2D eigenvalue weighted by Gasteiger charge is -2.12. The van der Waals surface area contributed by atoms with Gasteiger partial charge in [-0.05, 0) is 30.3 Å². The average molecular weight is 369 g/mol. The van der Waals surface area contributed by atoms with Crippen LogP contribution in [0.3, 0.4) is 0 Å². The van der Waals surface area contributed by atoms with Crippen LogP contribution in [0, 0.1) is 5.82 Å². The fourth-order valence-electron chi connectivity index (χ4n) is 1.75. The number of halogens is 2. The number of amides is 1. The minimum Gasteiger partial charge on any atom is -0.507 e. The first kappa shape index (κ1) is 15.4. The lowest BCUT2D eigenvalue weighted by atomic mass is 10.1. The number of thiocarbonyl (C=S) groups is 1. The summed E-state index contributed by atoms with van der Waals surface area (Å²) in [6.07, 6.45) is 0. The van der Waals surface area contributed by atoms with E-state index in [0.29, 0.717) is 11.3 Å². The van der Waals surface area contributed by atoms with E-state index in [4.69, 9.17) is 18.0 Å². The molecule has 2 rings (SSSR count). The van der Waals surface area contributed by atoms with Gasteiger partial charge in [-0.2, -0.15) is 0 Å². The van der Waals surface area contributed by atoms with Gasteiger partial charge in [-0.25, -0.2) is 4.39 Å². The fourth-order valence-corrected chi connectivity index (χ4v) is 2.28. The summed E-state index contributed by atoms with van der Waals surface area (Å²) in [5.41, 5.74) is 5.92. The van der Waals surface area contributed by atoms with Gasteiger partial charge in [0.05, 0.1) is 5.69 Å². The SMILES string of the molecule is NC(=S)c1cc(Br)ccc1NC(=O)c1c(O)cccc1F. The number of nitrogens with two attached hydrogens (primary N) is 1. The van der Waals surface area contributed by atoms with Gasteiger partial charge < -0.3 is 16.2 Å². The normalized spacial score (nSPS) is 10.2. The molecule has 0 fully saturated rings. The van der Waals surface area contributed by atoms with Crippen molar-refractivity contribution in [2.24, 2.45) is 5.73 Å². The van der Waals surface area contributed by atoms with Crippen LogP contribution in [0.15, 0.2) is 40.9 Å². The number of phenols is 1. The monoisotopic (exact) mass is 368 g/mol. The molecule has 0 radical (unpaired) electrons. The topological polar surface area (TPSA) is 75.3 Å². The van der Waals surface area contributed by atoms with E-state index in [1.807, 2.05) is 0 Å². The Hall–Kier alpha value is -1.99. The summed E-state index contributed by atoms with van der Waals surface area (Å²) in [6.45, 7) is 0. The van der Waals surface area contributed by atoms with Gasteiger partial charge in [-0.1, -0.05) is 34.2 Å². The third kappa shape index (κ3) is 3.37. The zero-order valence-electron chi connectivity index (χ0n) is 10.6. The highest BCUT2D eigenvalue weighted by molar-refractivity contribution is 9.10. The fraction of sp³-hybridized carbons (Fsp3) is 0. The molecule has 0 aliphatic rings. The summed E-state index contributed by atoms with van der Waals surface area (Å²) >= 11 is 8.18. The van der Waals surface area contributed by atoms with Crippen LogP contribution in [0.4, 0.5) is 10.1 Å². The summed E-state index contributed by atoms with van der Waals surface area (Å²) < 4.78 is 14.4. The third-order valence-electron chi connectivity index (χ3n) is 2.71. The predicted molar refractivity (Wildman–Crippen MR) is 86.0 cm³/mol. The van der Waals surface area contributed by atoms with Crippen molar-refractivity contribution < 1.29 is 14.3 Å². The van der Waals surface area contributed by atoms with Crippen molar-refractivity contribution in [1.82, 2.24) is 0 Å². The number of rotatable bonds is 3. The highest BCUT2D eigenvalue weighted by Crippen LogP contribution is 2.24. The molecular formula is C14H10BrFN2O2S. The zero-order valence-corrected chi connectivity index (χ0v) is 13.0. The Morgan fingerprint density at radius 1 is 1.33 bits per heavy atom. The van der Waals surface area contributed by atoms with Crippen molar-refractivity contribution in [3.8, 4) is 5.75 Å². The van der Waals surface area contributed by atoms with Crippen LogP contribution in [0.5, 0.6) is 5.75 Å². The minimum atomic E-state index is -0.818. The number of nitrogens with one attached hydrogen (secondary N) is 1. The first-order valence-electron chi connectivity index (χ1n) is 5.78. The van der Waals surface area contributed by atoms with E-state index in [2.05, 4.69) is 21.2 Å². The van der Waals surface area contributed by atoms with E-state index in [9.17, 15) is 14.3 Å². The second-order valence-corrected chi connectivity index (χ2v) is 5.50. The van der Waals surface area contributed by atoms with Crippen LogP contribution in [0.25, 0.3) is 0 Å². The second-order valence-electron chi connectivity index (χ2n) is 4.14. The van der Waals surface area contributed by atoms with Crippen molar-refractivity contribution in [3.63, 3.8) is 0 Å². The molecule has 0 spiro atoms. The van der Waals surface area contributed by atoms with E-state index in [1.165, 1.54) is 12.1 Å². The Morgan fingerprint density at radius 3 is 2.67 bits per heavy atom. The first-order valence-corrected chi connectivity index (χ1v) is 6.98. The Balaban J connectivity index is 2.39. The summed E-state index contributed by atoms with van der Waals surface area (Å²) in [6, 6.07) is 8.52. The summed E-state index contributed by atoms with van der Waals surface area (Å²) in [4.78, 5) is 12.2. The number of benzene rings is 2. The largest absolute Gasteiger partial charge is 0.507 e. The summed E-state index contributed by atoms with van der Waals surface area (Å²) in [5.74, 6) is -2.05. The molecule has 0 bridgehead atoms. The number of anilines is 1. The lowest BCUT2D eigenvalue weighted by Crippen LogP contribution is -2.18. The Bertz CT molecular complexity index is 717. The molecule has 0 unspecified atom stereocenters. The Morgan fingerprint density at radius 2 is 2.05 bits per heavy atom. The molecule has 4 N–H and O–H groups in total. The summed E-state index contributed by atoms with van der Waals surface area (Å²) in [5, 5.41) is 12.1. The summed E-state index contributed by atoms with van der Waals surface area (Å²) in [7, 11) is 0. The molecule has 7 heteroatoms. The molecule has 0 aliphatic heterocycles. The molecule has 2 aromatic rings. The van der Waals surface area contributed by atoms with Gasteiger partial charge in [-0.3, -0.25) is 4.79 Å². The lowest BCUT2D eigenvalue weighted by molar-refractivity contribution is 0.102. The van der Waals surface area contributed by atoms with Crippen LogP contribution in [-0.2, 0) is 0 Å². The van der Waals surface area contributed by atoms with Gasteiger partial charge in [-0.15, -0.1) is 0 Å². The van der Waals surface area contributed by atoms with Crippen LogP contribution in [0.1, 0.15) is 15.9 Å². The molecule has 2 aromatic carbocycles. The molecule has 0 atom stereocenters. The molecule has 4 nitrogen and oxygen atoms in total. The van der Waals surface area contributed by atoms with Crippen molar-refractivity contribution in [2.45, 2.75) is 0 Å². The molecule has 1 amide bonds. The third-order valence-corrected chi connectivity index (χ3v) is 3.43. The van der Waals surface area contributed by atoms with E-state index in [0.717, 1.165) is 10.5 Å². The molecule has 0 aliphatic carbocycles. The maximum atomic E-state index is 13.6. The zero-order chi connectivity index (χ0) is 15.6. The molecule has 21 heavy (non-hydrogen) atoms. The molecule has 0 heterocycles. The van der Waals surface area contributed by atoms with Gasteiger partial charge in [0.1, 0.15) is 22.1 Å². The highest BCUT2D eigenvalue weighted by atomic mass is 79.9. The van der Waals surface area contributed by atoms with E-state index in [-0.39, 0.29) is 4.99 Å². The number of hydrogen-bond donors (Lipinski definition) is 3. The smallest absolute Gasteiger partial charge is 0.262 e. The van der Waals surface area contributed by atoms with Crippen LogP contribution >= 0.6 is 28.1 Å². The van der Waals surface area contributed by atoms with Crippen molar-refractivity contribution in [2.75, 3.05) is 5.32 Å². The number of phenolic OH excluding ortho intramolecular Hbond substituents is 1. The number of carbonyl (C=O) groups excluding carboxylic acids is 1. The van der Waals surface area contributed by atoms with Gasteiger partial charge in [0, 0.05) is 10.0 Å². The maximum absolute atomic E-state index is 13.6. The van der Waals surface area contributed by atoms with E-state index in [1.54, 1.807) is 18.2 Å². The number of hydrogen-bond acceptors (Lipinski definition) is 3. The predicted octanol–water partition coefficient (Wildman–Crippen LogP) is 3.18. The van der Waals surface area contributed by atoms with Crippen molar-refractivity contribution in [1.29, 1.82) is 0 Å². The maximum Gasteiger partial charge on any atom is 0.262 e. The Labute approximate surface area is 133 Å². The van der Waals surface area contributed by atoms with Gasteiger partial charge in [0.15, 0.2) is 0 Å². The van der Waals surface area contributed by atoms with Crippen LogP contribution in [-0.4, -0.2) is 16.0 Å². The number of aromatic hydroxyl groups is 1. The highest BCUT2D eigenvalue weighted by Gasteiger charge is 2.18. The Kier molecular flexibility index (Phi) is 4.54. The van der Waals surface area contributed by atoms with Crippen LogP contribution in [0.2, 0.25) is 0 Å².